The number of carbonyl (C=O) groups excluding carboxylic acids is 1. The van der Waals surface area contributed by atoms with E-state index in [-0.39, 0.29) is 5.78 Å². The molecule has 1 aliphatic rings. The molecule has 3 heterocycles. The number of aromatic nitrogens is 3. The number of nitrogens with zero attached hydrogens (tertiary/aromatic N) is 3. The van der Waals surface area contributed by atoms with E-state index in [1.54, 1.807) is 10.7 Å². The number of Topliss-reactive ketones (excluding diaryl/α,β-unsaturated/α-hetero) is 1. The van der Waals surface area contributed by atoms with Crippen LogP contribution in [-0.4, -0.2) is 27.3 Å². The fraction of sp³-hybridized carbons (Fsp3) is 0.364. The van der Waals surface area contributed by atoms with Gasteiger partial charge in [0.25, 0.3) is 0 Å². The molecule has 2 aromatic heterocycles. The average Bonchev–Trinajstić information content (AvgIpc) is 2.84. The number of ketones is 1. The van der Waals surface area contributed by atoms with E-state index in [1.807, 2.05) is 13.8 Å². The van der Waals surface area contributed by atoms with Gasteiger partial charge in [0, 0.05) is 12.6 Å². The fourth-order valence-corrected chi connectivity index (χ4v) is 2.11. The Morgan fingerprint density at radius 1 is 1.41 bits per heavy atom. The second-order valence-corrected chi connectivity index (χ2v) is 4.14. The van der Waals surface area contributed by atoms with Crippen molar-refractivity contribution in [3.63, 3.8) is 0 Å². The third-order valence-electron chi connectivity index (χ3n) is 2.88. The van der Waals surface area contributed by atoms with Crippen molar-refractivity contribution in [1.29, 1.82) is 0 Å². The van der Waals surface area contributed by atoms with Gasteiger partial charge in [-0.05, 0) is 13.8 Å². The first kappa shape index (κ1) is 10.2. The maximum atomic E-state index is 11.8. The molecule has 6 nitrogen and oxygen atoms in total. The summed E-state index contributed by atoms with van der Waals surface area (Å²) in [5.41, 5.74) is 2.31. The van der Waals surface area contributed by atoms with Crippen LogP contribution in [0, 0.1) is 13.8 Å². The molecule has 0 fully saturated rings. The molecule has 0 saturated carbocycles. The van der Waals surface area contributed by atoms with Crippen molar-refractivity contribution in [2.45, 2.75) is 20.4 Å². The summed E-state index contributed by atoms with van der Waals surface area (Å²) in [5.74, 6) is 1.41. The van der Waals surface area contributed by atoms with Crippen LogP contribution >= 0.6 is 0 Å². The molecular weight excluding hydrogens is 220 g/mol. The summed E-state index contributed by atoms with van der Waals surface area (Å²) in [6.07, 6.45) is 0. The molecule has 2 aromatic rings. The largest absolute Gasteiger partial charge is 0.359 e. The summed E-state index contributed by atoms with van der Waals surface area (Å²) in [6.45, 7) is 4.68. The molecule has 0 aliphatic carbocycles. The quantitative estimate of drug-likeness (QED) is 0.786. The van der Waals surface area contributed by atoms with E-state index in [2.05, 4.69) is 15.6 Å². The highest BCUT2D eigenvalue weighted by Crippen LogP contribution is 2.20. The van der Waals surface area contributed by atoms with Gasteiger partial charge in [-0.3, -0.25) is 4.79 Å². The monoisotopic (exact) mass is 232 g/mol. The zero-order valence-electron chi connectivity index (χ0n) is 9.65. The van der Waals surface area contributed by atoms with E-state index >= 15 is 0 Å². The molecular formula is C11H12N4O2. The highest BCUT2D eigenvalue weighted by molar-refractivity contribution is 6.00. The second kappa shape index (κ2) is 3.53. The van der Waals surface area contributed by atoms with E-state index in [0.29, 0.717) is 24.5 Å². The SMILES string of the molecule is Cc1cc(-n2nc3c(c2C)C(=O)CNC3)no1. The topological polar surface area (TPSA) is 73.0 Å². The second-order valence-electron chi connectivity index (χ2n) is 4.14. The van der Waals surface area contributed by atoms with Gasteiger partial charge in [-0.15, -0.1) is 0 Å². The molecule has 0 saturated heterocycles. The van der Waals surface area contributed by atoms with Crippen LogP contribution in [0.5, 0.6) is 0 Å². The molecule has 0 bridgehead atoms. The third kappa shape index (κ3) is 1.49. The van der Waals surface area contributed by atoms with Gasteiger partial charge < -0.3 is 9.84 Å². The number of fused-ring (bicyclic) bond motifs is 1. The normalized spacial score (nSPS) is 15.1. The molecule has 0 unspecified atom stereocenters. The Balaban J connectivity index is 2.16. The summed E-state index contributed by atoms with van der Waals surface area (Å²) in [5, 5.41) is 11.3. The van der Waals surface area contributed by atoms with Crippen molar-refractivity contribution in [2.24, 2.45) is 0 Å². The summed E-state index contributed by atoms with van der Waals surface area (Å²) < 4.78 is 6.68. The zero-order valence-corrected chi connectivity index (χ0v) is 9.65. The van der Waals surface area contributed by atoms with Gasteiger partial charge in [0.15, 0.2) is 11.6 Å². The lowest BCUT2D eigenvalue weighted by Crippen LogP contribution is -2.29. The van der Waals surface area contributed by atoms with Crippen LogP contribution in [0.15, 0.2) is 10.6 Å². The molecule has 88 valence electrons. The van der Waals surface area contributed by atoms with Crippen LogP contribution in [0.4, 0.5) is 0 Å². The molecule has 0 amide bonds. The lowest BCUT2D eigenvalue weighted by molar-refractivity contribution is 0.0981. The molecule has 1 aliphatic heterocycles. The van der Waals surface area contributed by atoms with Crippen LogP contribution in [-0.2, 0) is 6.54 Å². The predicted molar refractivity (Wildman–Crippen MR) is 59.1 cm³/mol. The Hall–Kier alpha value is -1.95. The number of aryl methyl sites for hydroxylation is 1. The molecule has 0 spiro atoms. The summed E-state index contributed by atoms with van der Waals surface area (Å²) in [7, 11) is 0. The van der Waals surface area contributed by atoms with Crippen LogP contribution < -0.4 is 5.32 Å². The van der Waals surface area contributed by atoms with E-state index in [9.17, 15) is 4.79 Å². The molecule has 17 heavy (non-hydrogen) atoms. The number of rotatable bonds is 1. The smallest absolute Gasteiger partial charge is 0.196 e. The van der Waals surface area contributed by atoms with Crippen molar-refractivity contribution in [2.75, 3.05) is 6.54 Å². The Bertz CT molecular complexity index is 597. The van der Waals surface area contributed by atoms with Crippen molar-refractivity contribution < 1.29 is 9.32 Å². The third-order valence-corrected chi connectivity index (χ3v) is 2.88. The molecule has 6 heteroatoms. The van der Waals surface area contributed by atoms with Crippen LogP contribution in [0.1, 0.15) is 27.5 Å². The summed E-state index contributed by atoms with van der Waals surface area (Å²) >= 11 is 0. The van der Waals surface area contributed by atoms with E-state index < -0.39 is 0 Å². The van der Waals surface area contributed by atoms with Gasteiger partial charge in [-0.2, -0.15) is 5.10 Å². The Kier molecular flexibility index (Phi) is 2.12. The average molecular weight is 232 g/mol. The Morgan fingerprint density at radius 3 is 2.88 bits per heavy atom. The molecule has 0 atom stereocenters. The van der Waals surface area contributed by atoms with E-state index in [0.717, 1.165) is 17.1 Å². The minimum atomic E-state index is 0.0789. The maximum absolute atomic E-state index is 11.8. The van der Waals surface area contributed by atoms with E-state index in [1.165, 1.54) is 0 Å². The van der Waals surface area contributed by atoms with Crippen molar-refractivity contribution >= 4 is 5.78 Å². The van der Waals surface area contributed by atoms with E-state index in [4.69, 9.17) is 4.52 Å². The van der Waals surface area contributed by atoms with Crippen molar-refractivity contribution in [1.82, 2.24) is 20.3 Å². The number of hydrogen-bond acceptors (Lipinski definition) is 5. The highest BCUT2D eigenvalue weighted by Gasteiger charge is 2.25. The molecule has 0 radical (unpaired) electrons. The highest BCUT2D eigenvalue weighted by atomic mass is 16.5. The van der Waals surface area contributed by atoms with Gasteiger partial charge >= 0.3 is 0 Å². The van der Waals surface area contributed by atoms with Gasteiger partial charge in [0.05, 0.1) is 23.5 Å². The first-order valence-corrected chi connectivity index (χ1v) is 5.43. The first-order valence-electron chi connectivity index (χ1n) is 5.43. The van der Waals surface area contributed by atoms with Gasteiger partial charge in [0.1, 0.15) is 5.76 Å². The van der Waals surface area contributed by atoms with Crippen molar-refractivity contribution in [3.8, 4) is 5.82 Å². The fourth-order valence-electron chi connectivity index (χ4n) is 2.11. The number of nitrogens with one attached hydrogen (secondary N) is 1. The number of carbonyl (C=O) groups is 1. The maximum Gasteiger partial charge on any atom is 0.196 e. The summed E-state index contributed by atoms with van der Waals surface area (Å²) in [4.78, 5) is 11.8. The summed E-state index contributed by atoms with van der Waals surface area (Å²) in [6, 6.07) is 1.79. The Labute approximate surface area is 97.6 Å². The molecule has 3 rings (SSSR count). The standard InChI is InChI=1S/C11H12N4O2/c1-6-3-10(14-17-6)15-7(2)11-8(13-15)4-12-5-9(11)16/h3,12H,4-5H2,1-2H3. The first-order chi connectivity index (χ1) is 8.16. The Morgan fingerprint density at radius 2 is 2.24 bits per heavy atom. The van der Waals surface area contributed by atoms with Crippen LogP contribution in [0.2, 0.25) is 0 Å². The van der Waals surface area contributed by atoms with Crippen molar-refractivity contribution in [3.05, 3.63) is 28.8 Å². The predicted octanol–water partition coefficient (Wildman–Crippen LogP) is 0.763. The minimum absolute atomic E-state index is 0.0789. The molecule has 0 aromatic carbocycles. The lowest BCUT2D eigenvalue weighted by atomic mass is 10.1. The number of hydrogen-bond donors (Lipinski definition) is 1. The van der Waals surface area contributed by atoms with Crippen LogP contribution in [0.25, 0.3) is 5.82 Å². The zero-order chi connectivity index (χ0) is 12.0. The van der Waals surface area contributed by atoms with Gasteiger partial charge in [-0.1, -0.05) is 5.16 Å². The van der Waals surface area contributed by atoms with Crippen LogP contribution in [0.3, 0.4) is 0 Å². The minimum Gasteiger partial charge on any atom is -0.359 e. The lowest BCUT2D eigenvalue weighted by Gasteiger charge is -2.09. The molecule has 1 N–H and O–H groups in total. The van der Waals surface area contributed by atoms with Gasteiger partial charge in [-0.25, -0.2) is 4.68 Å². The van der Waals surface area contributed by atoms with Gasteiger partial charge in [0.2, 0.25) is 0 Å².